The van der Waals surface area contributed by atoms with E-state index in [0.717, 1.165) is 6.54 Å². The second kappa shape index (κ2) is 6.61. The van der Waals surface area contributed by atoms with Crippen molar-refractivity contribution in [3.63, 3.8) is 0 Å². The maximum absolute atomic E-state index is 11.4. The highest BCUT2D eigenvalue weighted by molar-refractivity contribution is 8.00. The summed E-state index contributed by atoms with van der Waals surface area (Å²) in [5, 5.41) is 2.93. The molecule has 1 fully saturated rings. The zero-order chi connectivity index (χ0) is 10.6. The van der Waals surface area contributed by atoms with Crippen molar-refractivity contribution in [1.29, 1.82) is 0 Å². The van der Waals surface area contributed by atoms with Gasteiger partial charge in [0.05, 0.1) is 6.04 Å². The lowest BCUT2D eigenvalue weighted by Gasteiger charge is -2.23. The molecule has 1 amide bonds. The predicted molar refractivity (Wildman–Crippen MR) is 68.6 cm³/mol. The lowest BCUT2D eigenvalue weighted by atomic mass is 10.1. The van der Waals surface area contributed by atoms with Crippen molar-refractivity contribution < 1.29 is 4.79 Å². The summed E-state index contributed by atoms with van der Waals surface area (Å²) < 4.78 is 0.239. The fourth-order valence-electron chi connectivity index (χ4n) is 1.57. The van der Waals surface area contributed by atoms with Gasteiger partial charge < -0.3 is 11.1 Å². The van der Waals surface area contributed by atoms with Crippen molar-refractivity contribution in [2.45, 2.75) is 43.9 Å². The number of hydrogen-bond donors (Lipinski definition) is 2. The van der Waals surface area contributed by atoms with Crippen molar-refractivity contribution in [2.24, 2.45) is 5.73 Å². The Kier molecular flexibility index (Phi) is 6.64. The maximum Gasteiger partial charge on any atom is 0.236 e. The summed E-state index contributed by atoms with van der Waals surface area (Å²) in [4.78, 5) is 11.4. The van der Waals surface area contributed by atoms with Gasteiger partial charge in [0.1, 0.15) is 0 Å². The first-order valence-corrected chi connectivity index (χ1v) is 6.23. The van der Waals surface area contributed by atoms with Crippen LogP contribution in [0.2, 0.25) is 0 Å². The minimum atomic E-state index is -0.343. The van der Waals surface area contributed by atoms with E-state index in [0.29, 0.717) is 6.42 Å². The van der Waals surface area contributed by atoms with Crippen molar-refractivity contribution in [2.75, 3.05) is 12.3 Å². The van der Waals surface area contributed by atoms with Crippen LogP contribution in [-0.2, 0) is 4.79 Å². The number of rotatable bonds is 4. The minimum absolute atomic E-state index is 0. The first kappa shape index (κ1) is 15.1. The molecule has 1 rings (SSSR count). The van der Waals surface area contributed by atoms with Gasteiger partial charge in [-0.2, -0.15) is 11.8 Å². The summed E-state index contributed by atoms with van der Waals surface area (Å²) in [6.07, 6.45) is 3.16. The summed E-state index contributed by atoms with van der Waals surface area (Å²) in [7, 11) is 0. The average Bonchev–Trinajstić information content (AvgIpc) is 2.61. The Bertz CT molecular complexity index is 208. The van der Waals surface area contributed by atoms with Crippen molar-refractivity contribution in [3.05, 3.63) is 0 Å². The number of amides is 1. The zero-order valence-electron chi connectivity index (χ0n) is 9.41. The SMILES string of the molecule is CC[C@H](N)C(=O)NCC1(C)CCCS1.Cl. The van der Waals surface area contributed by atoms with Gasteiger partial charge in [-0.15, -0.1) is 12.4 Å². The molecule has 0 saturated carbocycles. The van der Waals surface area contributed by atoms with Crippen molar-refractivity contribution in [3.8, 4) is 0 Å². The van der Waals surface area contributed by atoms with Crippen LogP contribution in [0.1, 0.15) is 33.1 Å². The molecular weight excluding hydrogens is 232 g/mol. The molecule has 1 unspecified atom stereocenters. The van der Waals surface area contributed by atoms with Crippen LogP contribution in [0.25, 0.3) is 0 Å². The van der Waals surface area contributed by atoms with Crippen molar-refractivity contribution >= 4 is 30.1 Å². The molecule has 1 aliphatic rings. The molecule has 0 aromatic rings. The Morgan fingerprint density at radius 2 is 2.33 bits per heavy atom. The van der Waals surface area contributed by atoms with E-state index < -0.39 is 0 Å². The largest absolute Gasteiger partial charge is 0.353 e. The molecule has 15 heavy (non-hydrogen) atoms. The number of carbonyl (C=O) groups excluding carboxylic acids is 1. The highest BCUT2D eigenvalue weighted by Crippen LogP contribution is 2.36. The fraction of sp³-hybridized carbons (Fsp3) is 0.900. The molecule has 0 aliphatic carbocycles. The first-order chi connectivity index (χ1) is 6.57. The van der Waals surface area contributed by atoms with E-state index >= 15 is 0 Å². The zero-order valence-corrected chi connectivity index (χ0v) is 11.0. The number of thioether (sulfide) groups is 1. The molecule has 1 heterocycles. The summed E-state index contributed by atoms with van der Waals surface area (Å²) in [6, 6.07) is -0.343. The van der Waals surface area contributed by atoms with Crippen LogP contribution >= 0.6 is 24.2 Å². The van der Waals surface area contributed by atoms with Crippen LogP contribution < -0.4 is 11.1 Å². The molecule has 1 saturated heterocycles. The second-order valence-electron chi connectivity index (χ2n) is 4.13. The monoisotopic (exact) mass is 252 g/mol. The number of carbonyl (C=O) groups is 1. The van der Waals surface area contributed by atoms with Crippen LogP contribution in [0.15, 0.2) is 0 Å². The van der Waals surface area contributed by atoms with Gasteiger partial charge in [0.15, 0.2) is 0 Å². The van der Waals surface area contributed by atoms with E-state index in [-0.39, 0.29) is 29.1 Å². The summed E-state index contributed by atoms with van der Waals surface area (Å²) in [5.41, 5.74) is 5.63. The van der Waals surface area contributed by atoms with Gasteiger partial charge in [0, 0.05) is 11.3 Å². The van der Waals surface area contributed by atoms with E-state index in [9.17, 15) is 4.79 Å². The van der Waals surface area contributed by atoms with E-state index in [2.05, 4.69) is 12.2 Å². The lowest BCUT2D eigenvalue weighted by molar-refractivity contribution is -0.122. The molecule has 0 radical (unpaired) electrons. The summed E-state index contributed by atoms with van der Waals surface area (Å²) in [6.45, 7) is 4.89. The minimum Gasteiger partial charge on any atom is -0.353 e. The Morgan fingerprint density at radius 3 is 2.80 bits per heavy atom. The van der Waals surface area contributed by atoms with Gasteiger partial charge in [0.2, 0.25) is 5.91 Å². The highest BCUT2D eigenvalue weighted by atomic mass is 35.5. The van der Waals surface area contributed by atoms with Gasteiger partial charge >= 0.3 is 0 Å². The van der Waals surface area contributed by atoms with Crippen LogP contribution in [0.5, 0.6) is 0 Å². The van der Waals surface area contributed by atoms with Gasteiger partial charge in [-0.1, -0.05) is 6.92 Å². The summed E-state index contributed by atoms with van der Waals surface area (Å²) >= 11 is 1.95. The third-order valence-corrected chi connectivity index (χ3v) is 4.25. The second-order valence-corrected chi connectivity index (χ2v) is 5.82. The molecule has 1 aliphatic heterocycles. The van der Waals surface area contributed by atoms with Gasteiger partial charge in [-0.05, 0) is 31.9 Å². The van der Waals surface area contributed by atoms with Crippen LogP contribution in [0.4, 0.5) is 0 Å². The van der Waals surface area contributed by atoms with E-state index in [1.54, 1.807) is 0 Å². The fourth-order valence-corrected chi connectivity index (χ4v) is 2.81. The quantitative estimate of drug-likeness (QED) is 0.798. The Balaban J connectivity index is 0.00000196. The molecule has 90 valence electrons. The Hall–Kier alpha value is 0.0700. The number of halogens is 1. The Labute approximate surface area is 102 Å². The van der Waals surface area contributed by atoms with Crippen LogP contribution in [-0.4, -0.2) is 29.0 Å². The van der Waals surface area contributed by atoms with Crippen LogP contribution in [0, 0.1) is 0 Å². The Morgan fingerprint density at radius 1 is 1.67 bits per heavy atom. The maximum atomic E-state index is 11.4. The van der Waals surface area contributed by atoms with Gasteiger partial charge in [0.25, 0.3) is 0 Å². The molecule has 0 aromatic heterocycles. The number of hydrogen-bond acceptors (Lipinski definition) is 3. The highest BCUT2D eigenvalue weighted by Gasteiger charge is 2.30. The van der Waals surface area contributed by atoms with E-state index in [1.165, 1.54) is 18.6 Å². The first-order valence-electron chi connectivity index (χ1n) is 5.24. The third kappa shape index (κ3) is 4.62. The average molecular weight is 253 g/mol. The summed E-state index contributed by atoms with van der Waals surface area (Å²) in [5.74, 6) is 1.20. The molecule has 0 spiro atoms. The van der Waals surface area contributed by atoms with Crippen LogP contribution in [0.3, 0.4) is 0 Å². The normalized spacial score (nSPS) is 26.9. The molecule has 0 aromatic carbocycles. The molecule has 2 atom stereocenters. The van der Waals surface area contributed by atoms with E-state index in [1.807, 2.05) is 18.7 Å². The topological polar surface area (TPSA) is 55.1 Å². The van der Waals surface area contributed by atoms with Crippen molar-refractivity contribution in [1.82, 2.24) is 5.32 Å². The predicted octanol–water partition coefficient (Wildman–Crippen LogP) is 1.55. The molecule has 3 N–H and O–H groups in total. The lowest BCUT2D eigenvalue weighted by Crippen LogP contribution is -2.45. The third-order valence-electron chi connectivity index (χ3n) is 2.71. The number of nitrogens with one attached hydrogen (secondary N) is 1. The molecule has 5 heteroatoms. The molecule has 3 nitrogen and oxygen atoms in total. The molecular formula is C10H21ClN2OS. The standard InChI is InChI=1S/C10H20N2OS.ClH/c1-3-8(11)9(13)12-7-10(2)5-4-6-14-10;/h8H,3-7,11H2,1-2H3,(H,12,13);1H/t8-,10?;/m0./s1. The molecule has 0 bridgehead atoms. The van der Waals surface area contributed by atoms with Gasteiger partial charge in [-0.25, -0.2) is 0 Å². The van der Waals surface area contributed by atoms with E-state index in [4.69, 9.17) is 5.73 Å². The number of nitrogens with two attached hydrogens (primary N) is 1. The van der Waals surface area contributed by atoms with Gasteiger partial charge in [-0.3, -0.25) is 4.79 Å². The smallest absolute Gasteiger partial charge is 0.236 e.